The number of aliphatic hydroxyl groups excluding tert-OH is 1. The summed E-state index contributed by atoms with van der Waals surface area (Å²) >= 11 is 5.83. The van der Waals surface area contributed by atoms with Crippen LogP contribution in [0, 0.1) is 0 Å². The molecule has 0 aliphatic carbocycles. The lowest BCUT2D eigenvalue weighted by Crippen LogP contribution is -2.10. The lowest BCUT2D eigenvalue weighted by atomic mass is 10.3. The minimum absolute atomic E-state index is 0.0953. The molecule has 8 nitrogen and oxygen atoms in total. The fourth-order valence-corrected chi connectivity index (χ4v) is 2.26. The molecule has 3 aromatic heterocycles. The summed E-state index contributed by atoms with van der Waals surface area (Å²) in [4.78, 5) is 12.2. The molecule has 0 spiro atoms. The van der Waals surface area contributed by atoms with Crippen LogP contribution in [0.15, 0.2) is 24.5 Å². The van der Waals surface area contributed by atoms with E-state index in [4.69, 9.17) is 26.2 Å². The average Bonchev–Trinajstić information content (AvgIpc) is 2.97. The third-order valence-corrected chi connectivity index (χ3v) is 3.32. The zero-order valence-corrected chi connectivity index (χ0v) is 13.1. The number of nitrogens with zero attached hydrogens (tertiary/aromatic N) is 5. The maximum Gasteiger partial charge on any atom is 0.244 e. The molecule has 3 rings (SSSR count). The second kappa shape index (κ2) is 6.76. The molecule has 3 aromatic rings. The van der Waals surface area contributed by atoms with Gasteiger partial charge in [-0.3, -0.25) is 9.67 Å². The molecule has 0 amide bonds. The van der Waals surface area contributed by atoms with Crippen LogP contribution in [0.1, 0.15) is 5.69 Å². The number of aromatic nitrogens is 5. The fourth-order valence-electron chi connectivity index (χ4n) is 2.09. The third kappa shape index (κ3) is 3.33. The molecular formula is C14H14ClN5O3. The van der Waals surface area contributed by atoms with Gasteiger partial charge in [-0.2, -0.15) is 10.1 Å². The Bertz CT molecular complexity index is 806. The van der Waals surface area contributed by atoms with Gasteiger partial charge in [-0.15, -0.1) is 0 Å². The highest BCUT2D eigenvalue weighted by Crippen LogP contribution is 2.23. The van der Waals surface area contributed by atoms with Crippen LogP contribution in [0.2, 0.25) is 5.28 Å². The van der Waals surface area contributed by atoms with Crippen LogP contribution in [0.25, 0.3) is 11.0 Å². The lowest BCUT2D eigenvalue weighted by molar-refractivity contribution is 0.274. The van der Waals surface area contributed by atoms with Crippen LogP contribution in [0.4, 0.5) is 0 Å². The predicted octanol–water partition coefficient (Wildman–Crippen LogP) is 1.45. The van der Waals surface area contributed by atoms with Crippen molar-refractivity contribution < 1.29 is 14.6 Å². The van der Waals surface area contributed by atoms with Gasteiger partial charge < -0.3 is 14.6 Å². The van der Waals surface area contributed by atoms with Crippen LogP contribution in [0.3, 0.4) is 0 Å². The first-order chi connectivity index (χ1) is 11.2. The van der Waals surface area contributed by atoms with Crippen LogP contribution >= 0.6 is 11.6 Å². The number of pyridine rings is 1. The van der Waals surface area contributed by atoms with Gasteiger partial charge >= 0.3 is 0 Å². The van der Waals surface area contributed by atoms with Crippen LogP contribution in [-0.4, -0.2) is 43.6 Å². The van der Waals surface area contributed by atoms with Crippen molar-refractivity contribution in [3.05, 3.63) is 35.5 Å². The number of methoxy groups -OCH3 is 1. The van der Waals surface area contributed by atoms with Crippen molar-refractivity contribution in [1.29, 1.82) is 0 Å². The SMILES string of the molecule is COc1nc(Cl)nc2cnn(CCOc3ccc(CO)nc3)c12. The second-order valence-corrected chi connectivity index (χ2v) is 4.93. The summed E-state index contributed by atoms with van der Waals surface area (Å²) in [5, 5.41) is 13.3. The Kier molecular flexibility index (Phi) is 4.54. The van der Waals surface area contributed by atoms with Gasteiger partial charge in [-0.25, -0.2) is 4.98 Å². The van der Waals surface area contributed by atoms with Crippen molar-refractivity contribution >= 4 is 22.6 Å². The van der Waals surface area contributed by atoms with Crippen molar-refractivity contribution in [1.82, 2.24) is 24.7 Å². The van der Waals surface area contributed by atoms with Crippen molar-refractivity contribution in [3.8, 4) is 11.6 Å². The van der Waals surface area contributed by atoms with E-state index in [1.54, 1.807) is 29.2 Å². The first kappa shape index (κ1) is 15.4. The number of halogens is 1. The van der Waals surface area contributed by atoms with E-state index in [-0.39, 0.29) is 11.9 Å². The molecule has 0 atom stereocenters. The maximum atomic E-state index is 8.95. The Morgan fingerprint density at radius 2 is 2.13 bits per heavy atom. The van der Waals surface area contributed by atoms with Crippen molar-refractivity contribution in [2.75, 3.05) is 13.7 Å². The zero-order chi connectivity index (χ0) is 16.2. The number of fused-ring (bicyclic) bond motifs is 1. The smallest absolute Gasteiger partial charge is 0.244 e. The highest BCUT2D eigenvalue weighted by molar-refractivity contribution is 6.28. The Balaban J connectivity index is 1.71. The van der Waals surface area contributed by atoms with E-state index < -0.39 is 0 Å². The van der Waals surface area contributed by atoms with Gasteiger partial charge in [0.1, 0.15) is 23.4 Å². The summed E-state index contributed by atoms with van der Waals surface area (Å²) in [6.45, 7) is 0.761. The van der Waals surface area contributed by atoms with Crippen LogP contribution in [-0.2, 0) is 13.2 Å². The molecule has 0 fully saturated rings. The van der Waals surface area contributed by atoms with E-state index in [1.165, 1.54) is 7.11 Å². The molecule has 23 heavy (non-hydrogen) atoms. The van der Waals surface area contributed by atoms with Crippen molar-refractivity contribution in [2.24, 2.45) is 0 Å². The van der Waals surface area contributed by atoms with Gasteiger partial charge in [0.15, 0.2) is 0 Å². The molecule has 0 aliphatic rings. The standard InChI is InChI=1S/C14H14ClN5O3/c1-22-13-12-11(18-14(15)19-13)7-17-20(12)4-5-23-10-3-2-9(8-21)16-6-10/h2-3,6-7,21H,4-5,8H2,1H3. The Morgan fingerprint density at radius 1 is 1.26 bits per heavy atom. The van der Waals surface area contributed by atoms with Gasteiger partial charge in [0.05, 0.1) is 38.3 Å². The third-order valence-electron chi connectivity index (χ3n) is 3.15. The minimum Gasteiger partial charge on any atom is -0.490 e. The Labute approximate surface area is 136 Å². The molecule has 0 radical (unpaired) electrons. The molecule has 0 aromatic carbocycles. The minimum atomic E-state index is -0.0953. The molecule has 0 bridgehead atoms. The first-order valence-electron chi connectivity index (χ1n) is 6.83. The molecule has 120 valence electrons. The summed E-state index contributed by atoms with van der Waals surface area (Å²) in [6.07, 6.45) is 3.17. The van der Waals surface area contributed by atoms with E-state index in [0.29, 0.717) is 41.5 Å². The average molecular weight is 336 g/mol. The molecule has 0 saturated carbocycles. The molecule has 0 saturated heterocycles. The van der Waals surface area contributed by atoms with Crippen LogP contribution in [0.5, 0.6) is 11.6 Å². The number of aliphatic hydroxyl groups is 1. The van der Waals surface area contributed by atoms with Gasteiger partial charge in [-0.05, 0) is 23.7 Å². The lowest BCUT2D eigenvalue weighted by Gasteiger charge is -2.08. The predicted molar refractivity (Wildman–Crippen MR) is 82.5 cm³/mol. The molecular weight excluding hydrogens is 322 g/mol. The quantitative estimate of drug-likeness (QED) is 0.681. The monoisotopic (exact) mass is 335 g/mol. The normalized spacial score (nSPS) is 10.9. The van der Waals surface area contributed by atoms with Crippen LogP contribution < -0.4 is 9.47 Å². The van der Waals surface area contributed by atoms with E-state index in [1.807, 2.05) is 0 Å². The Morgan fingerprint density at radius 3 is 2.83 bits per heavy atom. The van der Waals surface area contributed by atoms with E-state index in [9.17, 15) is 0 Å². The fraction of sp³-hybridized carbons (Fsp3) is 0.286. The summed E-state index contributed by atoms with van der Waals surface area (Å²) < 4.78 is 12.5. The van der Waals surface area contributed by atoms with E-state index >= 15 is 0 Å². The summed E-state index contributed by atoms with van der Waals surface area (Å²) in [6, 6.07) is 3.46. The summed E-state index contributed by atoms with van der Waals surface area (Å²) in [5.41, 5.74) is 1.86. The number of hydrogen-bond donors (Lipinski definition) is 1. The van der Waals surface area contributed by atoms with E-state index in [2.05, 4.69) is 20.1 Å². The van der Waals surface area contributed by atoms with Gasteiger partial charge in [-0.1, -0.05) is 0 Å². The summed E-state index contributed by atoms with van der Waals surface area (Å²) in [5.74, 6) is 0.983. The number of rotatable bonds is 6. The zero-order valence-electron chi connectivity index (χ0n) is 12.3. The maximum absolute atomic E-state index is 8.95. The van der Waals surface area contributed by atoms with Crippen molar-refractivity contribution in [3.63, 3.8) is 0 Å². The first-order valence-corrected chi connectivity index (χ1v) is 7.20. The highest BCUT2D eigenvalue weighted by Gasteiger charge is 2.13. The topological polar surface area (TPSA) is 95.2 Å². The van der Waals surface area contributed by atoms with Gasteiger partial charge in [0, 0.05) is 0 Å². The largest absolute Gasteiger partial charge is 0.490 e. The molecule has 0 aliphatic heterocycles. The van der Waals surface area contributed by atoms with Gasteiger partial charge in [0.2, 0.25) is 11.2 Å². The van der Waals surface area contributed by atoms with Gasteiger partial charge in [0.25, 0.3) is 0 Å². The Hall–Kier alpha value is -2.45. The summed E-state index contributed by atoms with van der Waals surface area (Å²) in [7, 11) is 1.51. The van der Waals surface area contributed by atoms with E-state index in [0.717, 1.165) is 0 Å². The number of ether oxygens (including phenoxy) is 2. The highest BCUT2D eigenvalue weighted by atomic mass is 35.5. The second-order valence-electron chi connectivity index (χ2n) is 4.60. The molecule has 0 unspecified atom stereocenters. The van der Waals surface area contributed by atoms with Crippen molar-refractivity contribution in [2.45, 2.75) is 13.2 Å². The molecule has 1 N–H and O–H groups in total. The number of hydrogen-bond acceptors (Lipinski definition) is 7. The molecule has 9 heteroatoms. The molecule has 3 heterocycles.